The zero-order valence-electron chi connectivity index (χ0n) is 19.5. The van der Waals surface area contributed by atoms with Gasteiger partial charge in [0.2, 0.25) is 5.96 Å². The van der Waals surface area contributed by atoms with Gasteiger partial charge in [-0.3, -0.25) is 5.32 Å². The van der Waals surface area contributed by atoms with Gasteiger partial charge in [-0.15, -0.1) is 17.4 Å². The number of carbonyl (C=O) groups is 2. The molecule has 1 saturated heterocycles. The van der Waals surface area contributed by atoms with Gasteiger partial charge in [0, 0.05) is 19.1 Å². The third-order valence-corrected chi connectivity index (χ3v) is 5.52. The van der Waals surface area contributed by atoms with Crippen molar-refractivity contribution in [2.24, 2.45) is 16.6 Å². The molecule has 1 fully saturated rings. The molecular weight excluding hydrogens is 472 g/mol. The number of aliphatic hydroxyl groups excluding tert-OH is 1. The van der Waals surface area contributed by atoms with Crippen LogP contribution in [0.2, 0.25) is 0 Å². The molecule has 9 nitrogen and oxygen atoms in total. The number of guanidine groups is 1. The maximum atomic E-state index is 12.5. The number of alkyl carbamates (subject to hydrolysis) is 1. The molecule has 1 heterocycles. The van der Waals surface area contributed by atoms with Crippen molar-refractivity contribution in [2.45, 2.75) is 38.5 Å². The summed E-state index contributed by atoms with van der Waals surface area (Å²) >= 11 is 0. The Labute approximate surface area is 211 Å². The van der Waals surface area contributed by atoms with E-state index in [-0.39, 0.29) is 50.1 Å². The summed E-state index contributed by atoms with van der Waals surface area (Å²) in [6.45, 7) is 1.22. The van der Waals surface area contributed by atoms with Crippen LogP contribution in [0, 0.1) is 5.92 Å². The number of halogens is 1. The molecule has 2 aromatic rings. The zero-order valence-corrected chi connectivity index (χ0v) is 20.4. The lowest BCUT2D eigenvalue weighted by molar-refractivity contribution is 0.141. The van der Waals surface area contributed by atoms with E-state index >= 15 is 0 Å². The first-order valence-electron chi connectivity index (χ1n) is 11.4. The highest BCUT2D eigenvalue weighted by Gasteiger charge is 2.26. The van der Waals surface area contributed by atoms with Crippen LogP contribution in [-0.2, 0) is 22.7 Å². The molecule has 0 aliphatic carbocycles. The lowest BCUT2D eigenvalue weighted by atomic mass is 9.92. The van der Waals surface area contributed by atoms with Crippen LogP contribution in [0.3, 0.4) is 0 Å². The summed E-state index contributed by atoms with van der Waals surface area (Å²) in [5.41, 5.74) is 7.59. The Hall–Kier alpha value is -3.14. The number of amides is 2. The van der Waals surface area contributed by atoms with E-state index < -0.39 is 12.2 Å². The number of likely N-dealkylation sites (tertiary alicyclic amines) is 1. The number of nitrogens with one attached hydrogen (secondary N) is 1. The molecule has 2 unspecified atom stereocenters. The molecule has 2 atom stereocenters. The van der Waals surface area contributed by atoms with Crippen LogP contribution < -0.4 is 11.1 Å². The van der Waals surface area contributed by atoms with E-state index in [1.165, 1.54) is 0 Å². The molecule has 190 valence electrons. The van der Waals surface area contributed by atoms with Gasteiger partial charge in [0.15, 0.2) is 0 Å². The Bertz CT molecular complexity index is 945. The fourth-order valence-corrected chi connectivity index (χ4v) is 3.82. The summed E-state index contributed by atoms with van der Waals surface area (Å²) in [5.74, 6) is 0.280. The molecule has 0 spiro atoms. The van der Waals surface area contributed by atoms with Gasteiger partial charge in [-0.1, -0.05) is 60.7 Å². The van der Waals surface area contributed by atoms with E-state index in [1.54, 1.807) is 0 Å². The highest BCUT2D eigenvalue weighted by atomic mass is 35.5. The largest absolute Gasteiger partial charge is 0.444 e. The standard InChI is InChI=1S/C25H32N4O5.ClH/c26-22(16-30)14-21-12-7-13-29(15-21)23(27-24(31)33-17-19-8-3-1-4-9-19)28-25(32)34-18-20-10-5-2-6-11-20;/h1-6,8-11,21-22,30H,7,12-18,26H2,(H,27,28,31,32);1H. The Morgan fingerprint density at radius 3 is 2.26 bits per heavy atom. The Morgan fingerprint density at radius 1 is 1.06 bits per heavy atom. The highest BCUT2D eigenvalue weighted by molar-refractivity contribution is 5.98. The number of aliphatic imine (C=N–C) groups is 1. The van der Waals surface area contributed by atoms with Crippen molar-refractivity contribution in [1.29, 1.82) is 0 Å². The fourth-order valence-electron chi connectivity index (χ4n) is 3.82. The van der Waals surface area contributed by atoms with Crippen LogP contribution in [-0.4, -0.2) is 53.9 Å². The summed E-state index contributed by atoms with van der Waals surface area (Å²) in [5, 5.41) is 11.9. The first kappa shape index (κ1) is 28.1. The van der Waals surface area contributed by atoms with Crippen LogP contribution in [0.1, 0.15) is 30.4 Å². The van der Waals surface area contributed by atoms with Gasteiger partial charge in [-0.2, -0.15) is 0 Å². The van der Waals surface area contributed by atoms with Crippen molar-refractivity contribution in [3.63, 3.8) is 0 Å². The number of carbonyl (C=O) groups excluding carboxylic acids is 2. The van der Waals surface area contributed by atoms with E-state index in [4.69, 9.17) is 15.2 Å². The van der Waals surface area contributed by atoms with Gasteiger partial charge in [0.1, 0.15) is 13.2 Å². The summed E-state index contributed by atoms with van der Waals surface area (Å²) in [6.07, 6.45) is 0.886. The topological polar surface area (TPSA) is 126 Å². The molecule has 1 aliphatic rings. The first-order chi connectivity index (χ1) is 16.5. The molecule has 0 radical (unpaired) electrons. The smallest absolute Gasteiger partial charge is 0.437 e. The minimum Gasteiger partial charge on any atom is -0.444 e. The van der Waals surface area contributed by atoms with Crippen molar-refractivity contribution in [3.05, 3.63) is 71.8 Å². The molecule has 1 aliphatic heterocycles. The van der Waals surface area contributed by atoms with Gasteiger partial charge in [-0.05, 0) is 36.3 Å². The maximum absolute atomic E-state index is 12.5. The van der Waals surface area contributed by atoms with E-state index in [1.807, 2.05) is 65.6 Å². The van der Waals surface area contributed by atoms with Gasteiger partial charge >= 0.3 is 12.2 Å². The number of hydrogen-bond donors (Lipinski definition) is 3. The molecular formula is C25H33ClN4O5. The number of nitrogens with zero attached hydrogens (tertiary/aromatic N) is 2. The van der Waals surface area contributed by atoms with Gasteiger partial charge in [-0.25, -0.2) is 9.59 Å². The van der Waals surface area contributed by atoms with Crippen molar-refractivity contribution >= 4 is 30.6 Å². The SMILES string of the molecule is Cl.NC(CO)CC1CCCN(C(=NC(=O)OCc2ccccc2)NC(=O)OCc2ccccc2)C1. The van der Waals surface area contributed by atoms with E-state index in [9.17, 15) is 14.7 Å². The first-order valence-corrected chi connectivity index (χ1v) is 11.4. The summed E-state index contributed by atoms with van der Waals surface area (Å²) in [6, 6.07) is 18.3. The minimum absolute atomic E-state index is 0. The number of aliphatic hydroxyl groups is 1. The lowest BCUT2D eigenvalue weighted by Crippen LogP contribution is -2.49. The molecule has 3 rings (SSSR count). The van der Waals surface area contributed by atoms with Gasteiger partial charge < -0.3 is 25.2 Å². The van der Waals surface area contributed by atoms with Crippen LogP contribution in [0.15, 0.2) is 65.7 Å². The third kappa shape index (κ3) is 9.94. The quantitative estimate of drug-likeness (QED) is 0.389. The van der Waals surface area contributed by atoms with Crippen molar-refractivity contribution in [1.82, 2.24) is 10.2 Å². The molecule has 0 bridgehead atoms. The average Bonchev–Trinajstić information content (AvgIpc) is 2.87. The molecule has 0 saturated carbocycles. The Kier molecular flexibility index (Phi) is 12.0. The summed E-state index contributed by atoms with van der Waals surface area (Å²) in [7, 11) is 0. The van der Waals surface area contributed by atoms with Crippen LogP contribution in [0.4, 0.5) is 9.59 Å². The number of hydrogen-bond acceptors (Lipinski definition) is 6. The highest BCUT2D eigenvalue weighted by Crippen LogP contribution is 2.21. The second kappa shape index (κ2) is 15.0. The number of nitrogens with two attached hydrogens (primary N) is 1. The number of rotatable bonds is 7. The summed E-state index contributed by atoms with van der Waals surface area (Å²) in [4.78, 5) is 30.8. The molecule has 2 amide bonds. The second-order valence-corrected chi connectivity index (χ2v) is 8.29. The predicted octanol–water partition coefficient (Wildman–Crippen LogP) is 3.45. The predicted molar refractivity (Wildman–Crippen MR) is 135 cm³/mol. The van der Waals surface area contributed by atoms with Gasteiger partial charge in [0.25, 0.3) is 0 Å². The monoisotopic (exact) mass is 504 g/mol. The molecule has 4 N–H and O–H groups in total. The van der Waals surface area contributed by atoms with Crippen molar-refractivity contribution in [2.75, 3.05) is 19.7 Å². The van der Waals surface area contributed by atoms with Crippen LogP contribution >= 0.6 is 12.4 Å². The average molecular weight is 505 g/mol. The number of benzene rings is 2. The zero-order chi connectivity index (χ0) is 24.2. The van der Waals surface area contributed by atoms with Crippen LogP contribution in [0.5, 0.6) is 0 Å². The minimum atomic E-state index is -0.809. The normalized spacial score (nSPS) is 16.6. The summed E-state index contributed by atoms with van der Waals surface area (Å²) < 4.78 is 10.6. The second-order valence-electron chi connectivity index (χ2n) is 8.29. The van der Waals surface area contributed by atoms with E-state index in [0.29, 0.717) is 19.5 Å². The van der Waals surface area contributed by atoms with E-state index in [2.05, 4.69) is 10.3 Å². The Balaban J connectivity index is 0.00000432. The molecule has 35 heavy (non-hydrogen) atoms. The van der Waals surface area contributed by atoms with Crippen molar-refractivity contribution < 1.29 is 24.2 Å². The third-order valence-electron chi connectivity index (χ3n) is 5.52. The van der Waals surface area contributed by atoms with Gasteiger partial charge in [0.05, 0.1) is 6.61 Å². The van der Waals surface area contributed by atoms with Crippen LogP contribution in [0.25, 0.3) is 0 Å². The van der Waals surface area contributed by atoms with E-state index in [0.717, 1.165) is 24.0 Å². The number of ether oxygens (including phenoxy) is 2. The fraction of sp³-hybridized carbons (Fsp3) is 0.400. The molecule has 10 heteroatoms. The molecule has 2 aromatic carbocycles. The lowest BCUT2D eigenvalue weighted by Gasteiger charge is -2.35. The Morgan fingerprint density at radius 2 is 1.66 bits per heavy atom. The maximum Gasteiger partial charge on any atom is 0.437 e. The molecule has 0 aromatic heterocycles. The van der Waals surface area contributed by atoms with Crippen molar-refractivity contribution in [3.8, 4) is 0 Å². The number of piperidine rings is 1.